The van der Waals surface area contributed by atoms with Crippen LogP contribution in [-0.4, -0.2) is 30.6 Å². The molecule has 132 valence electrons. The number of benzene rings is 2. The molecule has 2 heterocycles. The van der Waals surface area contributed by atoms with E-state index in [1.807, 2.05) is 0 Å². The molecule has 2 aliphatic rings. The highest BCUT2D eigenvalue weighted by Gasteiger charge is 2.30. The number of fused-ring (bicyclic) bond motifs is 1. The normalized spacial score (nSPS) is 20.4. The van der Waals surface area contributed by atoms with Crippen molar-refractivity contribution in [1.29, 1.82) is 0 Å². The minimum Gasteiger partial charge on any atom is -0.488 e. The minimum absolute atomic E-state index is 0.0508. The number of ether oxygens (including phenoxy) is 1. The molecule has 25 heavy (non-hydrogen) atoms. The second kappa shape index (κ2) is 7.14. The van der Waals surface area contributed by atoms with Crippen LogP contribution in [0.4, 0.5) is 4.39 Å². The first-order valence-corrected chi connectivity index (χ1v) is 9.53. The van der Waals surface area contributed by atoms with Gasteiger partial charge in [-0.15, -0.1) is 0 Å². The maximum absolute atomic E-state index is 14.2. The number of nitrogens with zero attached hydrogens (tertiary/aromatic N) is 1. The van der Waals surface area contributed by atoms with Crippen LogP contribution in [0.25, 0.3) is 11.1 Å². The first-order chi connectivity index (χ1) is 12.1. The average Bonchev–Trinajstić information content (AvgIpc) is 2.97. The van der Waals surface area contributed by atoms with E-state index in [1.165, 1.54) is 25.3 Å². The van der Waals surface area contributed by atoms with E-state index in [0.717, 1.165) is 37.4 Å². The molecule has 0 amide bonds. The van der Waals surface area contributed by atoms with Gasteiger partial charge in [-0.1, -0.05) is 35.7 Å². The number of rotatable bonds is 3. The Morgan fingerprint density at radius 1 is 1.08 bits per heavy atom. The van der Waals surface area contributed by atoms with Crippen molar-refractivity contribution in [1.82, 2.24) is 4.90 Å². The van der Waals surface area contributed by atoms with Gasteiger partial charge < -0.3 is 4.74 Å². The molecule has 2 aromatic rings. The summed E-state index contributed by atoms with van der Waals surface area (Å²) >= 11 is 12.7. The molecule has 1 unspecified atom stereocenters. The van der Waals surface area contributed by atoms with Gasteiger partial charge in [0.25, 0.3) is 0 Å². The lowest BCUT2D eigenvalue weighted by Crippen LogP contribution is -2.38. The van der Waals surface area contributed by atoms with Gasteiger partial charge in [-0.3, -0.25) is 4.90 Å². The number of hydrogen-bond acceptors (Lipinski definition) is 2. The molecule has 0 bridgehead atoms. The summed E-state index contributed by atoms with van der Waals surface area (Å²) in [6.07, 6.45) is 4.57. The lowest BCUT2D eigenvalue weighted by molar-refractivity contribution is 0.134. The van der Waals surface area contributed by atoms with Gasteiger partial charge >= 0.3 is 0 Å². The van der Waals surface area contributed by atoms with Crippen LogP contribution in [-0.2, 0) is 6.42 Å². The highest BCUT2D eigenvalue weighted by atomic mass is 35.5. The van der Waals surface area contributed by atoms with Crippen molar-refractivity contribution < 1.29 is 9.13 Å². The summed E-state index contributed by atoms with van der Waals surface area (Å²) in [5.74, 6) is 0.436. The fourth-order valence-electron chi connectivity index (χ4n) is 3.87. The summed E-state index contributed by atoms with van der Waals surface area (Å²) in [6, 6.07) is 8.35. The van der Waals surface area contributed by atoms with Crippen molar-refractivity contribution in [2.75, 3.05) is 19.6 Å². The third-order valence-corrected chi connectivity index (χ3v) is 5.64. The van der Waals surface area contributed by atoms with Crippen molar-refractivity contribution in [3.8, 4) is 16.9 Å². The molecular weight excluding hydrogens is 360 g/mol. The zero-order valence-corrected chi connectivity index (χ0v) is 15.4. The van der Waals surface area contributed by atoms with Gasteiger partial charge in [0.1, 0.15) is 17.7 Å². The first kappa shape index (κ1) is 17.1. The molecule has 0 aliphatic carbocycles. The first-order valence-electron chi connectivity index (χ1n) is 8.77. The largest absolute Gasteiger partial charge is 0.488 e. The van der Waals surface area contributed by atoms with Crippen LogP contribution < -0.4 is 4.74 Å². The van der Waals surface area contributed by atoms with E-state index in [0.29, 0.717) is 21.2 Å². The number of piperidine rings is 1. The highest BCUT2D eigenvalue weighted by Crippen LogP contribution is 2.44. The molecular formula is C20H20Cl2FNO. The Labute approximate surface area is 157 Å². The minimum atomic E-state index is -0.285. The van der Waals surface area contributed by atoms with E-state index in [2.05, 4.69) is 4.90 Å². The third-order valence-electron chi connectivity index (χ3n) is 5.01. The summed E-state index contributed by atoms with van der Waals surface area (Å²) in [7, 11) is 0. The van der Waals surface area contributed by atoms with E-state index in [1.54, 1.807) is 24.3 Å². The fraction of sp³-hybridized carbons (Fsp3) is 0.400. The molecule has 0 N–H and O–H groups in total. The predicted molar refractivity (Wildman–Crippen MR) is 100 cm³/mol. The predicted octanol–water partition coefficient (Wildman–Crippen LogP) is 5.59. The maximum atomic E-state index is 14.2. The molecule has 2 nitrogen and oxygen atoms in total. The molecule has 0 radical (unpaired) electrons. The van der Waals surface area contributed by atoms with E-state index in [-0.39, 0.29) is 11.9 Å². The van der Waals surface area contributed by atoms with Crippen LogP contribution in [0.1, 0.15) is 24.8 Å². The number of hydrogen-bond donors (Lipinski definition) is 0. The van der Waals surface area contributed by atoms with Crippen molar-refractivity contribution >= 4 is 23.2 Å². The van der Waals surface area contributed by atoms with E-state index in [9.17, 15) is 4.39 Å². The standard InChI is InChI=1S/C20H20Cl2FNO/c21-17-5-4-6-18(22)19(17)16-11-14(23)9-13-10-15(25-20(13)16)12-24-7-2-1-3-8-24/h4-6,9,11,15H,1-3,7-8,10,12H2. The lowest BCUT2D eigenvalue weighted by Gasteiger charge is -2.28. The SMILES string of the molecule is Fc1cc2c(c(-c3c(Cl)cccc3Cl)c1)OC(CN1CCCCC1)C2. The second-order valence-electron chi connectivity index (χ2n) is 6.84. The Hall–Kier alpha value is -1.29. The van der Waals surface area contributed by atoms with Crippen molar-refractivity contribution in [2.45, 2.75) is 31.8 Å². The van der Waals surface area contributed by atoms with Gasteiger partial charge in [0, 0.05) is 29.7 Å². The topological polar surface area (TPSA) is 12.5 Å². The summed E-state index contributed by atoms with van der Waals surface area (Å²) in [5, 5.41) is 1.01. The Balaban J connectivity index is 1.65. The molecule has 0 saturated carbocycles. The fourth-order valence-corrected chi connectivity index (χ4v) is 4.47. The maximum Gasteiger partial charge on any atom is 0.131 e. The monoisotopic (exact) mass is 379 g/mol. The third kappa shape index (κ3) is 3.51. The summed E-state index contributed by atoms with van der Waals surface area (Å²) in [5.41, 5.74) is 2.18. The number of likely N-dealkylation sites (tertiary alicyclic amines) is 1. The molecule has 2 aromatic carbocycles. The van der Waals surface area contributed by atoms with Crippen LogP contribution in [0.5, 0.6) is 5.75 Å². The zero-order valence-electron chi connectivity index (χ0n) is 13.9. The Morgan fingerprint density at radius 2 is 1.80 bits per heavy atom. The van der Waals surface area contributed by atoms with Crippen LogP contribution in [0.2, 0.25) is 10.0 Å². The van der Waals surface area contributed by atoms with Gasteiger partial charge in [0.2, 0.25) is 0 Å². The Bertz CT molecular complexity index is 769. The van der Waals surface area contributed by atoms with E-state index < -0.39 is 0 Å². The smallest absolute Gasteiger partial charge is 0.131 e. The molecule has 0 aromatic heterocycles. The van der Waals surface area contributed by atoms with Crippen molar-refractivity contribution in [2.24, 2.45) is 0 Å². The van der Waals surface area contributed by atoms with Crippen molar-refractivity contribution in [3.05, 3.63) is 51.8 Å². The molecule has 0 spiro atoms. The molecule has 1 fully saturated rings. The number of halogens is 3. The average molecular weight is 380 g/mol. The Kier molecular flexibility index (Phi) is 4.90. The van der Waals surface area contributed by atoms with Crippen LogP contribution in [0, 0.1) is 5.82 Å². The van der Waals surface area contributed by atoms with Gasteiger partial charge in [0.05, 0.1) is 10.0 Å². The van der Waals surface area contributed by atoms with Crippen LogP contribution in [0.15, 0.2) is 30.3 Å². The van der Waals surface area contributed by atoms with E-state index >= 15 is 0 Å². The van der Waals surface area contributed by atoms with Gasteiger partial charge in [-0.2, -0.15) is 0 Å². The van der Waals surface area contributed by atoms with Crippen molar-refractivity contribution in [3.63, 3.8) is 0 Å². The molecule has 1 saturated heterocycles. The summed E-state index contributed by atoms with van der Waals surface area (Å²) < 4.78 is 20.4. The molecule has 5 heteroatoms. The highest BCUT2D eigenvalue weighted by molar-refractivity contribution is 6.39. The lowest BCUT2D eigenvalue weighted by atomic mass is 10.00. The second-order valence-corrected chi connectivity index (χ2v) is 7.66. The quantitative estimate of drug-likeness (QED) is 0.688. The summed E-state index contributed by atoms with van der Waals surface area (Å²) in [6.45, 7) is 3.12. The zero-order chi connectivity index (χ0) is 17.4. The molecule has 4 rings (SSSR count). The van der Waals surface area contributed by atoms with Gasteiger partial charge in [-0.25, -0.2) is 4.39 Å². The molecule has 2 aliphatic heterocycles. The summed E-state index contributed by atoms with van der Waals surface area (Å²) in [4.78, 5) is 2.44. The van der Waals surface area contributed by atoms with Gasteiger partial charge in [-0.05, 0) is 50.2 Å². The Morgan fingerprint density at radius 3 is 2.52 bits per heavy atom. The van der Waals surface area contributed by atoms with Crippen LogP contribution >= 0.6 is 23.2 Å². The molecule has 1 atom stereocenters. The van der Waals surface area contributed by atoms with Gasteiger partial charge in [0.15, 0.2) is 0 Å². The van der Waals surface area contributed by atoms with Crippen LogP contribution in [0.3, 0.4) is 0 Å². The van der Waals surface area contributed by atoms with E-state index in [4.69, 9.17) is 27.9 Å².